The maximum Gasteiger partial charge on any atom is 0.315 e. The van der Waals surface area contributed by atoms with Gasteiger partial charge in [0.25, 0.3) is 0 Å². The molecule has 0 unspecified atom stereocenters. The monoisotopic (exact) mass is 375 g/mol. The molecule has 0 aromatic heterocycles. The molecule has 0 aliphatic rings. The lowest BCUT2D eigenvalue weighted by atomic mass is 9.86. The van der Waals surface area contributed by atoms with Crippen molar-refractivity contribution in [3.63, 3.8) is 0 Å². The fraction of sp³-hybridized carbons (Fsp3) is 0.208. The molecule has 1 N–H and O–H groups in total. The molecule has 0 aliphatic heterocycles. The average Bonchev–Trinajstić information content (AvgIpc) is 2.75. The fourth-order valence-corrected chi connectivity index (χ4v) is 3.24. The van der Waals surface area contributed by atoms with Crippen LogP contribution in [0.3, 0.4) is 0 Å². The number of ether oxygens (including phenoxy) is 2. The van der Waals surface area contributed by atoms with Crippen LogP contribution in [-0.2, 0) is 9.53 Å². The highest BCUT2D eigenvalue weighted by Crippen LogP contribution is 2.35. The number of hydrogen-bond acceptors (Lipinski definition) is 4. The Bertz CT molecular complexity index is 863. The van der Waals surface area contributed by atoms with Crippen molar-refractivity contribution in [2.24, 2.45) is 0 Å². The standard InChI is InChI=1S/C24H25NO3/c1-3-28-24(26)22(18-10-6-4-7-11-18)23(19-12-8-5-9-13-19)25-20-14-16-21(27-2)17-15-20/h4-17,22-23,25H,3H2,1-2H3/t22-,23-/m0/s1. The number of carbonyl (C=O) groups excluding carboxylic acids is 1. The minimum atomic E-state index is -0.481. The van der Waals surface area contributed by atoms with Gasteiger partial charge in [-0.2, -0.15) is 0 Å². The van der Waals surface area contributed by atoms with Gasteiger partial charge in [-0.25, -0.2) is 0 Å². The largest absolute Gasteiger partial charge is 0.497 e. The zero-order valence-electron chi connectivity index (χ0n) is 16.2. The van der Waals surface area contributed by atoms with Gasteiger partial charge in [-0.3, -0.25) is 4.79 Å². The van der Waals surface area contributed by atoms with Crippen LogP contribution in [-0.4, -0.2) is 19.7 Å². The van der Waals surface area contributed by atoms with Crippen molar-refractivity contribution < 1.29 is 14.3 Å². The minimum absolute atomic E-state index is 0.247. The van der Waals surface area contributed by atoms with Crippen LogP contribution in [0.25, 0.3) is 0 Å². The molecule has 0 bridgehead atoms. The lowest BCUT2D eigenvalue weighted by molar-refractivity contribution is -0.145. The first-order valence-corrected chi connectivity index (χ1v) is 9.40. The molecule has 4 heteroatoms. The van der Waals surface area contributed by atoms with E-state index < -0.39 is 5.92 Å². The summed E-state index contributed by atoms with van der Waals surface area (Å²) in [5.74, 6) is 0.0565. The van der Waals surface area contributed by atoms with Gasteiger partial charge in [-0.15, -0.1) is 0 Å². The van der Waals surface area contributed by atoms with Crippen LogP contribution in [0, 0.1) is 0 Å². The van der Waals surface area contributed by atoms with Gasteiger partial charge < -0.3 is 14.8 Å². The van der Waals surface area contributed by atoms with Gasteiger partial charge in [0, 0.05) is 5.69 Å². The van der Waals surface area contributed by atoms with E-state index in [-0.39, 0.29) is 12.0 Å². The molecule has 144 valence electrons. The first-order chi connectivity index (χ1) is 13.7. The summed E-state index contributed by atoms with van der Waals surface area (Å²) < 4.78 is 10.7. The molecule has 0 radical (unpaired) electrons. The van der Waals surface area contributed by atoms with Gasteiger partial charge in [0.05, 0.1) is 19.8 Å². The Kier molecular flexibility index (Phi) is 6.68. The number of nitrogens with one attached hydrogen (secondary N) is 1. The normalized spacial score (nSPS) is 12.6. The van der Waals surface area contributed by atoms with Crippen molar-refractivity contribution in [1.82, 2.24) is 0 Å². The lowest BCUT2D eigenvalue weighted by Gasteiger charge is -2.28. The molecule has 0 saturated heterocycles. The lowest BCUT2D eigenvalue weighted by Crippen LogP contribution is -2.27. The van der Waals surface area contributed by atoms with Crippen molar-refractivity contribution in [3.05, 3.63) is 96.1 Å². The van der Waals surface area contributed by atoms with E-state index in [2.05, 4.69) is 5.32 Å². The third-order valence-electron chi connectivity index (χ3n) is 4.60. The first-order valence-electron chi connectivity index (χ1n) is 9.40. The quantitative estimate of drug-likeness (QED) is 0.550. The van der Waals surface area contributed by atoms with E-state index in [0.29, 0.717) is 6.61 Å². The average molecular weight is 375 g/mol. The predicted molar refractivity (Wildman–Crippen MR) is 112 cm³/mol. The summed E-state index contributed by atoms with van der Waals surface area (Å²) in [6, 6.07) is 27.1. The molecule has 4 nitrogen and oxygen atoms in total. The van der Waals surface area contributed by atoms with E-state index in [1.54, 1.807) is 7.11 Å². The molecule has 3 rings (SSSR count). The van der Waals surface area contributed by atoms with E-state index in [1.165, 1.54) is 0 Å². The zero-order valence-corrected chi connectivity index (χ0v) is 16.2. The molecular weight excluding hydrogens is 350 g/mol. The van der Waals surface area contributed by atoms with E-state index in [1.807, 2.05) is 91.9 Å². The second-order valence-corrected chi connectivity index (χ2v) is 6.40. The van der Waals surface area contributed by atoms with Crippen molar-refractivity contribution in [1.29, 1.82) is 0 Å². The van der Waals surface area contributed by atoms with Gasteiger partial charge >= 0.3 is 5.97 Å². The summed E-state index contributed by atoms with van der Waals surface area (Å²) in [6.45, 7) is 2.17. The van der Waals surface area contributed by atoms with Crippen LogP contribution in [0.2, 0.25) is 0 Å². The molecule has 0 heterocycles. The zero-order chi connectivity index (χ0) is 19.8. The maximum atomic E-state index is 13.0. The highest BCUT2D eigenvalue weighted by molar-refractivity contribution is 5.80. The molecule has 3 aromatic rings. The second kappa shape index (κ2) is 9.60. The molecule has 0 amide bonds. The summed E-state index contributed by atoms with van der Waals surface area (Å²) in [5, 5.41) is 3.53. The van der Waals surface area contributed by atoms with Crippen molar-refractivity contribution in [2.45, 2.75) is 18.9 Å². The van der Waals surface area contributed by atoms with Crippen LogP contribution < -0.4 is 10.1 Å². The number of benzene rings is 3. The van der Waals surface area contributed by atoms with E-state index in [0.717, 1.165) is 22.6 Å². The SMILES string of the molecule is CCOC(=O)[C@@H](c1ccccc1)[C@@H](Nc1ccc(OC)cc1)c1ccccc1. The number of anilines is 1. The van der Waals surface area contributed by atoms with Crippen LogP contribution in [0.4, 0.5) is 5.69 Å². The molecule has 0 fully saturated rings. The number of carbonyl (C=O) groups is 1. The summed E-state index contributed by atoms with van der Waals surface area (Å²) >= 11 is 0. The number of rotatable bonds is 8. The number of esters is 1. The van der Waals surface area contributed by atoms with Gasteiger partial charge in [-0.05, 0) is 42.3 Å². The first kappa shape index (κ1) is 19.5. The predicted octanol–water partition coefficient (Wildman–Crippen LogP) is 5.20. The third kappa shape index (κ3) is 4.71. The highest BCUT2D eigenvalue weighted by Gasteiger charge is 2.32. The Balaban J connectivity index is 2.02. The minimum Gasteiger partial charge on any atom is -0.497 e. The van der Waals surface area contributed by atoms with E-state index >= 15 is 0 Å². The molecule has 28 heavy (non-hydrogen) atoms. The molecule has 3 aromatic carbocycles. The summed E-state index contributed by atoms with van der Waals surface area (Å²) in [7, 11) is 1.64. The smallest absolute Gasteiger partial charge is 0.315 e. The Morgan fingerprint density at radius 2 is 1.43 bits per heavy atom. The number of methoxy groups -OCH3 is 1. The maximum absolute atomic E-state index is 13.0. The molecule has 2 atom stereocenters. The highest BCUT2D eigenvalue weighted by atomic mass is 16.5. The topological polar surface area (TPSA) is 47.6 Å². The Morgan fingerprint density at radius 1 is 0.857 bits per heavy atom. The van der Waals surface area contributed by atoms with Gasteiger partial charge in [-0.1, -0.05) is 60.7 Å². The summed E-state index contributed by atoms with van der Waals surface area (Å²) in [5.41, 5.74) is 2.83. The Hall–Kier alpha value is -3.27. The van der Waals surface area contributed by atoms with E-state index in [4.69, 9.17) is 9.47 Å². The summed E-state index contributed by atoms with van der Waals surface area (Å²) in [6.07, 6.45) is 0. The van der Waals surface area contributed by atoms with Gasteiger partial charge in [0.15, 0.2) is 0 Å². The second-order valence-electron chi connectivity index (χ2n) is 6.40. The van der Waals surface area contributed by atoms with Crippen molar-refractivity contribution >= 4 is 11.7 Å². The molecular formula is C24H25NO3. The van der Waals surface area contributed by atoms with Crippen LogP contribution in [0.5, 0.6) is 5.75 Å². The fourth-order valence-electron chi connectivity index (χ4n) is 3.24. The van der Waals surface area contributed by atoms with Crippen LogP contribution in [0.1, 0.15) is 30.0 Å². The molecule has 0 spiro atoms. The van der Waals surface area contributed by atoms with Crippen molar-refractivity contribution in [2.75, 3.05) is 19.0 Å². The Labute approximate surface area is 166 Å². The number of hydrogen-bond donors (Lipinski definition) is 1. The Morgan fingerprint density at radius 3 is 1.96 bits per heavy atom. The summed E-state index contributed by atoms with van der Waals surface area (Å²) in [4.78, 5) is 13.0. The van der Waals surface area contributed by atoms with Gasteiger partial charge in [0.1, 0.15) is 11.7 Å². The van der Waals surface area contributed by atoms with Crippen molar-refractivity contribution in [3.8, 4) is 5.75 Å². The van der Waals surface area contributed by atoms with E-state index in [9.17, 15) is 4.79 Å². The third-order valence-corrected chi connectivity index (χ3v) is 4.60. The van der Waals surface area contributed by atoms with Crippen LogP contribution >= 0.6 is 0 Å². The molecule has 0 aliphatic carbocycles. The van der Waals surface area contributed by atoms with Crippen LogP contribution in [0.15, 0.2) is 84.9 Å². The van der Waals surface area contributed by atoms with Gasteiger partial charge in [0.2, 0.25) is 0 Å². The molecule has 0 saturated carbocycles.